The lowest BCUT2D eigenvalue weighted by Gasteiger charge is -2.11. The SMILES string of the molecule is CCCCC(N)C(=O)c1c(OC)cnn1C. The Balaban J connectivity index is 2.82. The molecule has 1 unspecified atom stereocenters. The van der Waals surface area contributed by atoms with E-state index >= 15 is 0 Å². The second-order valence-corrected chi connectivity index (χ2v) is 3.80. The number of hydrogen-bond donors (Lipinski definition) is 1. The Morgan fingerprint density at radius 2 is 2.38 bits per heavy atom. The number of aromatic nitrogens is 2. The monoisotopic (exact) mass is 225 g/mol. The van der Waals surface area contributed by atoms with Crippen LogP contribution in [0.4, 0.5) is 0 Å². The molecule has 5 heteroatoms. The van der Waals surface area contributed by atoms with Crippen LogP contribution in [0.5, 0.6) is 5.75 Å². The van der Waals surface area contributed by atoms with E-state index in [1.807, 2.05) is 0 Å². The van der Waals surface area contributed by atoms with Crippen molar-refractivity contribution in [2.24, 2.45) is 12.8 Å². The van der Waals surface area contributed by atoms with Gasteiger partial charge in [0.2, 0.25) is 5.78 Å². The fourth-order valence-corrected chi connectivity index (χ4v) is 1.58. The van der Waals surface area contributed by atoms with E-state index in [0.29, 0.717) is 17.9 Å². The molecule has 90 valence electrons. The number of unbranched alkanes of at least 4 members (excludes halogenated alkanes) is 1. The number of carbonyl (C=O) groups excluding carboxylic acids is 1. The molecule has 0 fully saturated rings. The number of ether oxygens (including phenoxy) is 1. The van der Waals surface area contributed by atoms with Crippen LogP contribution in [0.25, 0.3) is 0 Å². The Kier molecular flexibility index (Phi) is 4.49. The third kappa shape index (κ3) is 2.61. The van der Waals surface area contributed by atoms with Gasteiger partial charge in [0, 0.05) is 7.05 Å². The largest absolute Gasteiger partial charge is 0.493 e. The fourth-order valence-electron chi connectivity index (χ4n) is 1.58. The first-order valence-electron chi connectivity index (χ1n) is 5.47. The number of methoxy groups -OCH3 is 1. The molecule has 16 heavy (non-hydrogen) atoms. The highest BCUT2D eigenvalue weighted by molar-refractivity contribution is 6.00. The summed E-state index contributed by atoms with van der Waals surface area (Å²) in [7, 11) is 3.23. The normalized spacial score (nSPS) is 12.5. The molecule has 0 aliphatic heterocycles. The molecule has 1 aromatic rings. The van der Waals surface area contributed by atoms with Gasteiger partial charge in [-0.25, -0.2) is 0 Å². The van der Waals surface area contributed by atoms with Gasteiger partial charge in [-0.2, -0.15) is 5.10 Å². The van der Waals surface area contributed by atoms with Crippen molar-refractivity contribution in [1.29, 1.82) is 0 Å². The molecular formula is C11H19N3O2. The van der Waals surface area contributed by atoms with E-state index in [2.05, 4.69) is 12.0 Å². The van der Waals surface area contributed by atoms with Gasteiger partial charge in [-0.1, -0.05) is 19.8 Å². The van der Waals surface area contributed by atoms with E-state index in [4.69, 9.17) is 10.5 Å². The fraction of sp³-hybridized carbons (Fsp3) is 0.636. The Labute approximate surface area is 95.6 Å². The molecule has 0 amide bonds. The lowest BCUT2D eigenvalue weighted by molar-refractivity contribution is 0.0943. The van der Waals surface area contributed by atoms with Crippen LogP contribution in [0, 0.1) is 0 Å². The number of rotatable bonds is 6. The van der Waals surface area contributed by atoms with E-state index < -0.39 is 6.04 Å². The second kappa shape index (κ2) is 5.65. The summed E-state index contributed by atoms with van der Waals surface area (Å²) in [6, 6.07) is -0.468. The van der Waals surface area contributed by atoms with Crippen molar-refractivity contribution in [2.45, 2.75) is 32.2 Å². The minimum atomic E-state index is -0.468. The predicted octanol–water partition coefficient (Wildman–Crippen LogP) is 1.13. The quantitative estimate of drug-likeness (QED) is 0.737. The van der Waals surface area contributed by atoms with Gasteiger partial charge in [0.1, 0.15) is 5.69 Å². The highest BCUT2D eigenvalue weighted by atomic mass is 16.5. The molecule has 0 bridgehead atoms. The van der Waals surface area contributed by atoms with Crippen LogP contribution >= 0.6 is 0 Å². The molecule has 0 spiro atoms. The van der Waals surface area contributed by atoms with Crippen molar-refractivity contribution in [3.05, 3.63) is 11.9 Å². The lowest BCUT2D eigenvalue weighted by Crippen LogP contribution is -2.32. The van der Waals surface area contributed by atoms with Crippen molar-refractivity contribution < 1.29 is 9.53 Å². The van der Waals surface area contributed by atoms with Crippen LogP contribution < -0.4 is 10.5 Å². The number of Topliss-reactive ketones (excluding diaryl/α,β-unsaturated/α-hetero) is 1. The second-order valence-electron chi connectivity index (χ2n) is 3.80. The molecule has 0 saturated carbocycles. The number of carbonyl (C=O) groups is 1. The zero-order chi connectivity index (χ0) is 12.1. The van der Waals surface area contributed by atoms with Gasteiger partial charge in [0.05, 0.1) is 19.3 Å². The van der Waals surface area contributed by atoms with Gasteiger partial charge in [-0.3, -0.25) is 9.48 Å². The number of nitrogens with two attached hydrogens (primary N) is 1. The van der Waals surface area contributed by atoms with Crippen LogP contribution in [0.3, 0.4) is 0 Å². The molecule has 1 heterocycles. The highest BCUT2D eigenvalue weighted by Crippen LogP contribution is 2.19. The van der Waals surface area contributed by atoms with Gasteiger partial charge in [-0.15, -0.1) is 0 Å². The Morgan fingerprint density at radius 1 is 1.69 bits per heavy atom. The molecule has 0 aliphatic carbocycles. The summed E-state index contributed by atoms with van der Waals surface area (Å²) in [6.45, 7) is 2.07. The van der Waals surface area contributed by atoms with Crippen molar-refractivity contribution in [1.82, 2.24) is 9.78 Å². The minimum Gasteiger partial charge on any atom is -0.493 e. The number of hydrogen-bond acceptors (Lipinski definition) is 4. The first kappa shape index (κ1) is 12.7. The highest BCUT2D eigenvalue weighted by Gasteiger charge is 2.22. The van der Waals surface area contributed by atoms with E-state index in [9.17, 15) is 4.79 Å². The minimum absolute atomic E-state index is 0.106. The Bertz CT molecular complexity index is 360. The van der Waals surface area contributed by atoms with Crippen LogP contribution in [0.15, 0.2) is 6.20 Å². The zero-order valence-electron chi connectivity index (χ0n) is 10.1. The average molecular weight is 225 g/mol. The molecule has 0 aromatic carbocycles. The van der Waals surface area contributed by atoms with Crippen molar-refractivity contribution in [3.8, 4) is 5.75 Å². The molecule has 0 aliphatic rings. The molecule has 0 saturated heterocycles. The van der Waals surface area contributed by atoms with Crippen LogP contribution in [0.1, 0.15) is 36.7 Å². The lowest BCUT2D eigenvalue weighted by atomic mass is 10.0. The Morgan fingerprint density at radius 3 is 2.94 bits per heavy atom. The van der Waals surface area contributed by atoms with Gasteiger partial charge in [0.25, 0.3) is 0 Å². The van der Waals surface area contributed by atoms with Crippen molar-refractivity contribution in [3.63, 3.8) is 0 Å². The van der Waals surface area contributed by atoms with E-state index in [1.165, 1.54) is 18.0 Å². The number of nitrogens with zero attached hydrogens (tertiary/aromatic N) is 2. The van der Waals surface area contributed by atoms with Gasteiger partial charge in [0.15, 0.2) is 5.75 Å². The summed E-state index contributed by atoms with van der Waals surface area (Å²) < 4.78 is 6.59. The topological polar surface area (TPSA) is 70.1 Å². The van der Waals surface area contributed by atoms with Crippen LogP contribution in [-0.4, -0.2) is 28.7 Å². The maximum Gasteiger partial charge on any atom is 0.201 e. The summed E-state index contributed by atoms with van der Waals surface area (Å²) in [5.41, 5.74) is 6.29. The van der Waals surface area contributed by atoms with Crippen molar-refractivity contribution in [2.75, 3.05) is 7.11 Å². The third-order valence-corrected chi connectivity index (χ3v) is 2.56. The first-order valence-corrected chi connectivity index (χ1v) is 5.47. The molecular weight excluding hydrogens is 206 g/mol. The van der Waals surface area contributed by atoms with Gasteiger partial charge in [-0.05, 0) is 6.42 Å². The van der Waals surface area contributed by atoms with Crippen LogP contribution in [-0.2, 0) is 7.05 Å². The van der Waals surface area contributed by atoms with E-state index in [-0.39, 0.29) is 5.78 Å². The molecule has 2 N–H and O–H groups in total. The van der Waals surface area contributed by atoms with Gasteiger partial charge >= 0.3 is 0 Å². The Hall–Kier alpha value is -1.36. The zero-order valence-corrected chi connectivity index (χ0v) is 10.1. The average Bonchev–Trinajstić information content (AvgIpc) is 2.66. The van der Waals surface area contributed by atoms with E-state index in [0.717, 1.165) is 12.8 Å². The molecule has 5 nitrogen and oxygen atoms in total. The summed E-state index contributed by atoms with van der Waals surface area (Å²) in [5.74, 6) is 0.379. The molecule has 1 rings (SSSR count). The maximum absolute atomic E-state index is 12.0. The summed E-state index contributed by atoms with van der Waals surface area (Å²) in [5, 5.41) is 3.99. The number of ketones is 1. The summed E-state index contributed by atoms with van der Waals surface area (Å²) in [4.78, 5) is 12.0. The first-order chi connectivity index (χ1) is 7.61. The van der Waals surface area contributed by atoms with Crippen LogP contribution in [0.2, 0.25) is 0 Å². The van der Waals surface area contributed by atoms with E-state index in [1.54, 1.807) is 7.05 Å². The number of aryl methyl sites for hydroxylation is 1. The molecule has 1 aromatic heterocycles. The molecule has 0 radical (unpaired) electrons. The molecule has 1 atom stereocenters. The van der Waals surface area contributed by atoms with Gasteiger partial charge < -0.3 is 10.5 Å². The summed E-state index contributed by atoms with van der Waals surface area (Å²) >= 11 is 0. The standard InChI is InChI=1S/C11H19N3O2/c1-4-5-6-8(12)11(15)10-9(16-3)7-13-14(10)2/h7-8H,4-6,12H2,1-3H3. The smallest absolute Gasteiger partial charge is 0.201 e. The maximum atomic E-state index is 12.0. The predicted molar refractivity (Wildman–Crippen MR) is 61.6 cm³/mol. The third-order valence-electron chi connectivity index (χ3n) is 2.56. The summed E-state index contributed by atoms with van der Waals surface area (Å²) in [6.07, 6.45) is 4.21. The van der Waals surface area contributed by atoms with Crippen molar-refractivity contribution >= 4 is 5.78 Å².